The lowest BCUT2D eigenvalue weighted by Crippen LogP contribution is -2.10. The molecule has 0 fully saturated rings. The fourth-order valence-corrected chi connectivity index (χ4v) is 3.59. The Morgan fingerprint density at radius 2 is 1.79 bits per heavy atom. The number of aromatic nitrogens is 5. The van der Waals surface area contributed by atoms with E-state index in [1.165, 1.54) is 6.33 Å². The van der Waals surface area contributed by atoms with Gasteiger partial charge in [0.25, 0.3) is 0 Å². The summed E-state index contributed by atoms with van der Waals surface area (Å²) in [5.41, 5.74) is 3.15. The van der Waals surface area contributed by atoms with Crippen LogP contribution in [0.2, 0.25) is 0 Å². The second kappa shape index (κ2) is 9.60. The number of anilines is 3. The highest BCUT2D eigenvalue weighted by Crippen LogP contribution is 2.41. The molecule has 0 atom stereocenters. The summed E-state index contributed by atoms with van der Waals surface area (Å²) in [6.45, 7) is 4.77. The number of fused-ring (bicyclic) bond motifs is 1. The Bertz CT molecular complexity index is 1220. The van der Waals surface area contributed by atoms with Crippen molar-refractivity contribution in [2.45, 2.75) is 26.4 Å². The maximum atomic E-state index is 5.46. The molecule has 172 valence electrons. The molecule has 0 aliphatic carbocycles. The average molecular weight is 450 g/mol. The van der Waals surface area contributed by atoms with Crippen LogP contribution < -0.4 is 24.8 Å². The van der Waals surface area contributed by atoms with E-state index in [-0.39, 0.29) is 6.04 Å². The van der Waals surface area contributed by atoms with E-state index in [1.54, 1.807) is 27.5 Å². The zero-order chi connectivity index (χ0) is 23.4. The molecule has 3 aromatic heterocycles. The van der Waals surface area contributed by atoms with Crippen LogP contribution in [0.15, 0.2) is 43.0 Å². The predicted molar refractivity (Wildman–Crippen MR) is 127 cm³/mol. The van der Waals surface area contributed by atoms with Crippen molar-refractivity contribution >= 4 is 28.6 Å². The zero-order valence-corrected chi connectivity index (χ0v) is 19.3. The Kier molecular flexibility index (Phi) is 6.43. The highest BCUT2D eigenvalue weighted by Gasteiger charge is 2.19. The first-order valence-corrected chi connectivity index (χ1v) is 10.5. The van der Waals surface area contributed by atoms with Crippen LogP contribution >= 0.6 is 0 Å². The molecule has 0 saturated carbocycles. The topological polar surface area (TPSA) is 108 Å². The van der Waals surface area contributed by atoms with Crippen LogP contribution in [0.25, 0.3) is 11.2 Å². The number of pyridine rings is 1. The molecule has 0 radical (unpaired) electrons. The Hall–Kier alpha value is -4.08. The van der Waals surface area contributed by atoms with Crippen LogP contribution in [0.1, 0.15) is 25.5 Å². The molecular weight excluding hydrogens is 422 g/mol. The summed E-state index contributed by atoms with van der Waals surface area (Å²) in [5, 5.41) is 6.72. The molecule has 10 heteroatoms. The lowest BCUT2D eigenvalue weighted by molar-refractivity contribution is 0.324. The Labute approximate surface area is 192 Å². The number of hydrogen-bond donors (Lipinski definition) is 2. The molecular formula is C23H27N7O3. The third kappa shape index (κ3) is 4.45. The molecule has 10 nitrogen and oxygen atoms in total. The van der Waals surface area contributed by atoms with Crippen LogP contribution in [-0.2, 0) is 6.54 Å². The molecule has 0 saturated heterocycles. The molecule has 3 heterocycles. The first-order chi connectivity index (χ1) is 16.0. The van der Waals surface area contributed by atoms with E-state index in [9.17, 15) is 0 Å². The Balaban J connectivity index is 1.72. The molecule has 4 rings (SSSR count). The van der Waals surface area contributed by atoms with Gasteiger partial charge >= 0.3 is 0 Å². The van der Waals surface area contributed by atoms with E-state index in [4.69, 9.17) is 19.2 Å². The molecule has 0 aliphatic heterocycles. The van der Waals surface area contributed by atoms with Crippen molar-refractivity contribution in [3.05, 3.63) is 48.5 Å². The number of hydrogen-bond acceptors (Lipinski definition) is 9. The van der Waals surface area contributed by atoms with Crippen LogP contribution in [-0.4, -0.2) is 45.8 Å². The number of ether oxygens (including phenoxy) is 3. The molecule has 0 unspecified atom stereocenters. The Morgan fingerprint density at radius 1 is 1.03 bits per heavy atom. The van der Waals surface area contributed by atoms with Gasteiger partial charge < -0.3 is 24.8 Å². The fraction of sp³-hybridized carbons (Fsp3) is 0.304. The predicted octanol–water partition coefficient (Wildman–Crippen LogP) is 4.18. The number of methoxy groups -OCH3 is 3. The third-order valence-electron chi connectivity index (χ3n) is 5.09. The van der Waals surface area contributed by atoms with Crippen molar-refractivity contribution in [1.29, 1.82) is 0 Å². The Morgan fingerprint density at radius 3 is 2.39 bits per heavy atom. The van der Waals surface area contributed by atoms with Crippen molar-refractivity contribution in [1.82, 2.24) is 24.5 Å². The van der Waals surface area contributed by atoms with Crippen molar-refractivity contribution in [2.24, 2.45) is 0 Å². The molecule has 4 aromatic rings. The fourth-order valence-electron chi connectivity index (χ4n) is 3.59. The van der Waals surface area contributed by atoms with Gasteiger partial charge in [-0.25, -0.2) is 15.0 Å². The van der Waals surface area contributed by atoms with E-state index < -0.39 is 0 Å². The minimum atomic E-state index is 0.135. The van der Waals surface area contributed by atoms with Crippen molar-refractivity contribution in [3.8, 4) is 17.2 Å². The lowest BCUT2D eigenvalue weighted by atomic mass is 10.2. The number of imidazole rings is 1. The van der Waals surface area contributed by atoms with Gasteiger partial charge in [-0.2, -0.15) is 0 Å². The number of rotatable bonds is 9. The lowest BCUT2D eigenvalue weighted by Gasteiger charge is -2.15. The highest BCUT2D eigenvalue weighted by molar-refractivity contribution is 5.87. The summed E-state index contributed by atoms with van der Waals surface area (Å²) >= 11 is 0. The SMILES string of the molecule is COc1cc(Nc2ncnc3c2nc(NCc2cccnc2)n3C(C)C)cc(OC)c1OC. The first-order valence-electron chi connectivity index (χ1n) is 10.5. The minimum absolute atomic E-state index is 0.135. The van der Waals surface area contributed by atoms with Crippen molar-refractivity contribution < 1.29 is 14.2 Å². The van der Waals surface area contributed by atoms with Crippen molar-refractivity contribution in [3.63, 3.8) is 0 Å². The van der Waals surface area contributed by atoms with Gasteiger partial charge in [-0.15, -0.1) is 0 Å². The summed E-state index contributed by atoms with van der Waals surface area (Å²) in [6, 6.07) is 7.69. The molecule has 33 heavy (non-hydrogen) atoms. The van der Waals surface area contributed by atoms with E-state index in [1.807, 2.05) is 35.0 Å². The standard InChI is InChI=1S/C23H27N7O3/c1-14(2)30-22-19(29-23(30)25-12-15-7-6-8-24-11-15)21(26-13-27-22)28-16-9-17(31-3)20(33-5)18(10-16)32-4/h6-11,13-14H,12H2,1-5H3,(H,25,29)(H,26,27,28). The second-order valence-electron chi connectivity index (χ2n) is 7.55. The van der Waals surface area contributed by atoms with Crippen LogP contribution in [0, 0.1) is 0 Å². The number of nitrogens with one attached hydrogen (secondary N) is 2. The van der Waals surface area contributed by atoms with Crippen LogP contribution in [0.3, 0.4) is 0 Å². The number of benzene rings is 1. The van der Waals surface area contributed by atoms with Crippen molar-refractivity contribution in [2.75, 3.05) is 32.0 Å². The maximum absolute atomic E-state index is 5.46. The smallest absolute Gasteiger partial charge is 0.205 e. The summed E-state index contributed by atoms with van der Waals surface area (Å²) in [4.78, 5) is 17.9. The average Bonchev–Trinajstić information content (AvgIpc) is 3.22. The monoisotopic (exact) mass is 449 g/mol. The largest absolute Gasteiger partial charge is 0.493 e. The molecule has 0 bridgehead atoms. The van der Waals surface area contributed by atoms with E-state index in [0.717, 1.165) is 11.2 Å². The van der Waals surface area contributed by atoms with E-state index in [0.29, 0.717) is 46.8 Å². The summed E-state index contributed by atoms with van der Waals surface area (Å²) in [5.74, 6) is 2.87. The number of nitrogens with zero attached hydrogens (tertiary/aromatic N) is 5. The quantitative estimate of drug-likeness (QED) is 0.389. The van der Waals surface area contributed by atoms with E-state index >= 15 is 0 Å². The van der Waals surface area contributed by atoms with Gasteiger partial charge in [-0.1, -0.05) is 6.07 Å². The maximum Gasteiger partial charge on any atom is 0.205 e. The minimum Gasteiger partial charge on any atom is -0.493 e. The second-order valence-corrected chi connectivity index (χ2v) is 7.55. The van der Waals surface area contributed by atoms with Gasteiger partial charge in [0.2, 0.25) is 11.7 Å². The van der Waals surface area contributed by atoms with Crippen LogP contribution in [0.5, 0.6) is 17.2 Å². The van der Waals surface area contributed by atoms with Gasteiger partial charge in [0.15, 0.2) is 28.5 Å². The summed E-state index contributed by atoms with van der Waals surface area (Å²) < 4.78 is 18.4. The van der Waals surface area contributed by atoms with Gasteiger partial charge in [0.1, 0.15) is 6.33 Å². The van der Waals surface area contributed by atoms with E-state index in [2.05, 4.69) is 39.4 Å². The van der Waals surface area contributed by atoms with Gasteiger partial charge in [-0.05, 0) is 25.5 Å². The first kappa shape index (κ1) is 22.1. The molecule has 0 aliphatic rings. The normalized spacial score (nSPS) is 11.0. The van der Waals surface area contributed by atoms with Gasteiger partial charge in [-0.3, -0.25) is 9.55 Å². The summed E-state index contributed by atoms with van der Waals surface area (Å²) in [7, 11) is 4.73. The highest BCUT2D eigenvalue weighted by atomic mass is 16.5. The van der Waals surface area contributed by atoms with Gasteiger partial charge in [0, 0.05) is 42.8 Å². The molecule has 1 aromatic carbocycles. The molecule has 0 spiro atoms. The van der Waals surface area contributed by atoms with Gasteiger partial charge in [0.05, 0.1) is 21.3 Å². The zero-order valence-electron chi connectivity index (χ0n) is 19.3. The molecule has 2 N–H and O–H groups in total. The molecule has 0 amide bonds. The van der Waals surface area contributed by atoms with Crippen LogP contribution in [0.4, 0.5) is 17.5 Å². The summed E-state index contributed by atoms with van der Waals surface area (Å²) in [6.07, 6.45) is 5.10. The third-order valence-corrected chi connectivity index (χ3v) is 5.09.